The molecule has 2 aromatic rings. The van der Waals surface area contributed by atoms with Gasteiger partial charge in [0.05, 0.1) is 16.7 Å². The van der Waals surface area contributed by atoms with Crippen LogP contribution in [0.4, 0.5) is 0 Å². The van der Waals surface area contributed by atoms with E-state index in [0.717, 1.165) is 0 Å². The average Bonchev–Trinajstić information content (AvgIpc) is 2.74. The van der Waals surface area contributed by atoms with Crippen molar-refractivity contribution in [3.63, 3.8) is 0 Å². The number of rotatable bonds is 6. The van der Waals surface area contributed by atoms with Gasteiger partial charge in [0.2, 0.25) is 0 Å². The molecule has 0 saturated carbocycles. The predicted molar refractivity (Wildman–Crippen MR) is 112 cm³/mol. The Morgan fingerprint density at radius 2 is 1.52 bits per heavy atom. The standard InChI is InChI=1S/C21H22Cl2N2O4/c1-2-28-18-5-3-4-6-19(18)29-14-20(26)24-9-11-25(12-10-24)21(27)15-7-8-16(22)17(23)13-15/h3-8,13H,2,9-12,14H2,1H3. The topological polar surface area (TPSA) is 59.1 Å². The fraction of sp³-hybridized carbons (Fsp3) is 0.333. The number of amides is 2. The molecule has 0 spiro atoms. The van der Waals surface area contributed by atoms with Crippen LogP contribution in [-0.2, 0) is 4.79 Å². The summed E-state index contributed by atoms with van der Waals surface area (Å²) in [4.78, 5) is 28.5. The highest BCUT2D eigenvalue weighted by molar-refractivity contribution is 6.42. The van der Waals surface area contributed by atoms with Crippen LogP contribution in [0.2, 0.25) is 10.0 Å². The number of halogens is 2. The molecule has 0 radical (unpaired) electrons. The third kappa shape index (κ3) is 5.34. The monoisotopic (exact) mass is 436 g/mol. The Morgan fingerprint density at radius 1 is 0.897 bits per heavy atom. The minimum Gasteiger partial charge on any atom is -0.490 e. The highest BCUT2D eigenvalue weighted by atomic mass is 35.5. The number of benzene rings is 2. The van der Waals surface area contributed by atoms with Crippen molar-refractivity contribution < 1.29 is 19.1 Å². The molecule has 0 atom stereocenters. The number of piperazine rings is 1. The van der Waals surface area contributed by atoms with Crippen LogP contribution in [0.3, 0.4) is 0 Å². The van der Waals surface area contributed by atoms with Crippen LogP contribution < -0.4 is 9.47 Å². The molecule has 0 N–H and O–H groups in total. The molecule has 1 saturated heterocycles. The predicted octanol–water partition coefficient (Wildman–Crippen LogP) is 3.76. The van der Waals surface area contributed by atoms with Gasteiger partial charge in [0, 0.05) is 31.7 Å². The molecule has 0 unspecified atom stereocenters. The van der Waals surface area contributed by atoms with Gasteiger partial charge in [-0.3, -0.25) is 9.59 Å². The van der Waals surface area contributed by atoms with Gasteiger partial charge in [-0.2, -0.15) is 0 Å². The quantitative estimate of drug-likeness (QED) is 0.691. The first kappa shape index (κ1) is 21.3. The third-order valence-electron chi connectivity index (χ3n) is 4.59. The van der Waals surface area contributed by atoms with Gasteiger partial charge in [-0.1, -0.05) is 35.3 Å². The Hall–Kier alpha value is -2.44. The summed E-state index contributed by atoms with van der Waals surface area (Å²) in [6.07, 6.45) is 0. The first-order valence-corrected chi connectivity index (χ1v) is 10.1. The average molecular weight is 437 g/mol. The second-order valence-electron chi connectivity index (χ2n) is 6.47. The van der Waals surface area contributed by atoms with E-state index >= 15 is 0 Å². The molecular weight excluding hydrogens is 415 g/mol. The Bertz CT molecular complexity index is 883. The van der Waals surface area contributed by atoms with Crippen LogP contribution in [-0.4, -0.2) is 61.0 Å². The first-order chi connectivity index (χ1) is 14.0. The fourth-order valence-electron chi connectivity index (χ4n) is 3.05. The highest BCUT2D eigenvalue weighted by Crippen LogP contribution is 2.26. The second kappa shape index (κ2) is 9.85. The summed E-state index contributed by atoms with van der Waals surface area (Å²) in [6, 6.07) is 12.1. The molecular formula is C21H22Cl2N2O4. The molecule has 0 bridgehead atoms. The van der Waals surface area contributed by atoms with Crippen molar-refractivity contribution in [1.82, 2.24) is 9.80 Å². The zero-order chi connectivity index (χ0) is 20.8. The fourth-order valence-corrected chi connectivity index (χ4v) is 3.34. The molecule has 0 aromatic heterocycles. The normalized spacial score (nSPS) is 13.9. The lowest BCUT2D eigenvalue weighted by Crippen LogP contribution is -2.51. The number of ether oxygens (including phenoxy) is 2. The largest absolute Gasteiger partial charge is 0.490 e. The number of hydrogen-bond donors (Lipinski definition) is 0. The van der Waals surface area contributed by atoms with Gasteiger partial charge in [-0.25, -0.2) is 0 Å². The van der Waals surface area contributed by atoms with E-state index in [1.54, 1.807) is 40.1 Å². The zero-order valence-corrected chi connectivity index (χ0v) is 17.6. The van der Waals surface area contributed by atoms with Crippen molar-refractivity contribution >= 4 is 35.0 Å². The summed E-state index contributed by atoms with van der Waals surface area (Å²) in [5.74, 6) is 0.895. The second-order valence-corrected chi connectivity index (χ2v) is 7.28. The summed E-state index contributed by atoms with van der Waals surface area (Å²) in [5, 5.41) is 0.750. The third-order valence-corrected chi connectivity index (χ3v) is 5.33. The summed E-state index contributed by atoms with van der Waals surface area (Å²) in [7, 11) is 0. The maximum Gasteiger partial charge on any atom is 0.260 e. The maximum atomic E-state index is 12.6. The molecule has 1 aliphatic rings. The molecule has 2 amide bonds. The number of carbonyl (C=O) groups excluding carboxylic acids is 2. The number of carbonyl (C=O) groups is 2. The number of nitrogens with zero attached hydrogens (tertiary/aromatic N) is 2. The van der Waals surface area contributed by atoms with Crippen LogP contribution in [0.15, 0.2) is 42.5 Å². The van der Waals surface area contributed by atoms with Gasteiger partial charge in [-0.15, -0.1) is 0 Å². The van der Waals surface area contributed by atoms with Gasteiger partial charge in [0.25, 0.3) is 11.8 Å². The van der Waals surface area contributed by atoms with Gasteiger partial charge >= 0.3 is 0 Å². The van der Waals surface area contributed by atoms with Crippen LogP contribution in [0.5, 0.6) is 11.5 Å². The summed E-state index contributed by atoms with van der Waals surface area (Å²) < 4.78 is 11.2. The lowest BCUT2D eigenvalue weighted by Gasteiger charge is -2.34. The molecule has 1 fully saturated rings. The molecule has 154 valence electrons. The molecule has 29 heavy (non-hydrogen) atoms. The van der Waals surface area contributed by atoms with Crippen molar-refractivity contribution in [2.75, 3.05) is 39.4 Å². The Kier molecular flexibility index (Phi) is 7.23. The molecule has 3 rings (SSSR count). The lowest BCUT2D eigenvalue weighted by molar-refractivity contribution is -0.134. The van der Waals surface area contributed by atoms with E-state index in [9.17, 15) is 9.59 Å². The maximum absolute atomic E-state index is 12.6. The van der Waals surface area contributed by atoms with Crippen molar-refractivity contribution in [3.8, 4) is 11.5 Å². The molecule has 6 nitrogen and oxygen atoms in total. The Labute approximate surface area is 179 Å². The SMILES string of the molecule is CCOc1ccccc1OCC(=O)N1CCN(C(=O)c2ccc(Cl)c(Cl)c2)CC1. The van der Waals surface area contributed by atoms with Gasteiger partial charge in [0.1, 0.15) is 0 Å². The van der Waals surface area contributed by atoms with E-state index in [0.29, 0.717) is 59.9 Å². The molecule has 0 aliphatic carbocycles. The molecule has 8 heteroatoms. The summed E-state index contributed by atoms with van der Waals surface area (Å²) >= 11 is 11.9. The summed E-state index contributed by atoms with van der Waals surface area (Å²) in [5.41, 5.74) is 0.482. The minimum atomic E-state index is -0.127. The number of hydrogen-bond acceptors (Lipinski definition) is 4. The van der Waals surface area contributed by atoms with Crippen molar-refractivity contribution in [1.29, 1.82) is 0 Å². The minimum absolute atomic E-state index is 0.0785. The van der Waals surface area contributed by atoms with Crippen molar-refractivity contribution in [2.45, 2.75) is 6.92 Å². The van der Waals surface area contributed by atoms with E-state index in [1.165, 1.54) is 0 Å². The Balaban J connectivity index is 1.52. The van der Waals surface area contributed by atoms with Crippen LogP contribution in [0, 0.1) is 0 Å². The van der Waals surface area contributed by atoms with Crippen molar-refractivity contribution in [3.05, 3.63) is 58.1 Å². The smallest absolute Gasteiger partial charge is 0.260 e. The Morgan fingerprint density at radius 3 is 2.14 bits per heavy atom. The van der Waals surface area contributed by atoms with E-state index in [4.69, 9.17) is 32.7 Å². The van der Waals surface area contributed by atoms with Crippen LogP contribution in [0.1, 0.15) is 17.3 Å². The zero-order valence-electron chi connectivity index (χ0n) is 16.1. The highest BCUT2D eigenvalue weighted by Gasteiger charge is 2.25. The lowest BCUT2D eigenvalue weighted by atomic mass is 10.2. The van der Waals surface area contributed by atoms with E-state index in [-0.39, 0.29) is 18.4 Å². The molecule has 2 aromatic carbocycles. The molecule has 1 heterocycles. The number of para-hydroxylation sites is 2. The molecule has 1 aliphatic heterocycles. The summed E-state index contributed by atoms with van der Waals surface area (Å²) in [6.45, 7) is 4.11. The first-order valence-electron chi connectivity index (χ1n) is 9.36. The van der Waals surface area contributed by atoms with E-state index < -0.39 is 0 Å². The van der Waals surface area contributed by atoms with Crippen molar-refractivity contribution in [2.24, 2.45) is 0 Å². The van der Waals surface area contributed by atoms with Gasteiger partial charge in [0.15, 0.2) is 18.1 Å². The van der Waals surface area contributed by atoms with Crippen LogP contribution in [0.25, 0.3) is 0 Å². The van der Waals surface area contributed by atoms with E-state index in [2.05, 4.69) is 0 Å². The van der Waals surface area contributed by atoms with E-state index in [1.807, 2.05) is 19.1 Å². The van der Waals surface area contributed by atoms with Gasteiger partial charge in [-0.05, 0) is 37.3 Å². The van der Waals surface area contributed by atoms with Crippen LogP contribution >= 0.6 is 23.2 Å². The van der Waals surface area contributed by atoms with Gasteiger partial charge < -0.3 is 19.3 Å².